The highest BCUT2D eigenvalue weighted by Crippen LogP contribution is 2.35. The molecule has 3 rings (SSSR count). The number of benzene rings is 2. The molecule has 0 radical (unpaired) electrons. The number of nitrogens with zero attached hydrogens (tertiary/aromatic N) is 1. The Labute approximate surface area is 165 Å². The third-order valence-corrected chi connectivity index (χ3v) is 6.02. The summed E-state index contributed by atoms with van der Waals surface area (Å²) in [6, 6.07) is 9.10. The van der Waals surface area contributed by atoms with Crippen LogP contribution in [0.1, 0.15) is 24.0 Å². The van der Waals surface area contributed by atoms with Gasteiger partial charge in [0.15, 0.2) is 0 Å². The maximum atomic E-state index is 13.2. The maximum absolute atomic E-state index is 13.2. The molecular formula is C18H16ClF3N2O3S. The molecule has 0 unspecified atom stereocenters. The van der Waals surface area contributed by atoms with Gasteiger partial charge in [-0.05, 0) is 42.3 Å². The molecule has 1 aliphatic rings. The highest BCUT2D eigenvalue weighted by Gasteiger charge is 2.37. The first kappa shape index (κ1) is 20.6. The molecule has 1 saturated heterocycles. The van der Waals surface area contributed by atoms with Crippen molar-refractivity contribution in [1.82, 2.24) is 4.72 Å². The summed E-state index contributed by atoms with van der Waals surface area (Å²) in [5, 5.41) is -0.210. The molecule has 0 aliphatic carbocycles. The average molecular weight is 433 g/mol. The zero-order chi connectivity index (χ0) is 20.5. The van der Waals surface area contributed by atoms with Crippen LogP contribution >= 0.6 is 11.6 Å². The summed E-state index contributed by atoms with van der Waals surface area (Å²) in [5.74, 6) is 0.0240. The van der Waals surface area contributed by atoms with Gasteiger partial charge in [0.2, 0.25) is 15.9 Å². The lowest BCUT2D eigenvalue weighted by Gasteiger charge is -2.16. The van der Waals surface area contributed by atoms with Crippen molar-refractivity contribution in [2.75, 3.05) is 11.4 Å². The zero-order valence-corrected chi connectivity index (χ0v) is 16.0. The SMILES string of the molecule is O=C1CCCN1c1ccc(CNS(=O)(=O)c2ccc(Cl)cc2C(F)(F)F)cc1. The summed E-state index contributed by atoms with van der Waals surface area (Å²) in [7, 11) is -4.42. The van der Waals surface area contributed by atoms with Crippen molar-refractivity contribution in [3.63, 3.8) is 0 Å². The molecule has 1 fully saturated rings. The number of rotatable bonds is 5. The first-order valence-electron chi connectivity index (χ1n) is 8.34. The van der Waals surface area contributed by atoms with Gasteiger partial charge in [-0.25, -0.2) is 13.1 Å². The molecule has 0 aromatic heterocycles. The van der Waals surface area contributed by atoms with Crippen molar-refractivity contribution in [3.8, 4) is 0 Å². The molecule has 2 aromatic rings. The molecular weight excluding hydrogens is 417 g/mol. The van der Waals surface area contributed by atoms with Gasteiger partial charge in [-0.2, -0.15) is 13.2 Å². The van der Waals surface area contributed by atoms with Crippen LogP contribution in [0.25, 0.3) is 0 Å². The lowest BCUT2D eigenvalue weighted by molar-refractivity contribution is -0.139. The molecule has 1 heterocycles. The molecule has 1 N–H and O–H groups in total. The van der Waals surface area contributed by atoms with Gasteiger partial charge in [-0.15, -0.1) is 0 Å². The van der Waals surface area contributed by atoms with Crippen molar-refractivity contribution in [1.29, 1.82) is 0 Å². The highest BCUT2D eigenvalue weighted by molar-refractivity contribution is 7.89. The molecule has 150 valence electrons. The van der Waals surface area contributed by atoms with Crippen LogP contribution in [0.4, 0.5) is 18.9 Å². The number of hydrogen-bond donors (Lipinski definition) is 1. The smallest absolute Gasteiger partial charge is 0.312 e. The summed E-state index contributed by atoms with van der Waals surface area (Å²) in [6.07, 6.45) is -3.59. The van der Waals surface area contributed by atoms with Gasteiger partial charge in [-0.3, -0.25) is 4.79 Å². The van der Waals surface area contributed by atoms with E-state index in [1.54, 1.807) is 29.2 Å². The van der Waals surface area contributed by atoms with E-state index in [0.29, 0.717) is 30.3 Å². The molecule has 1 amide bonds. The van der Waals surface area contributed by atoms with E-state index in [9.17, 15) is 26.4 Å². The molecule has 0 atom stereocenters. The van der Waals surface area contributed by atoms with E-state index in [2.05, 4.69) is 4.72 Å². The first-order valence-corrected chi connectivity index (χ1v) is 10.2. The Morgan fingerprint density at radius 2 is 1.79 bits per heavy atom. The zero-order valence-electron chi connectivity index (χ0n) is 14.5. The van der Waals surface area contributed by atoms with Crippen molar-refractivity contribution < 1.29 is 26.4 Å². The fourth-order valence-corrected chi connectivity index (χ4v) is 4.32. The van der Waals surface area contributed by atoms with E-state index in [4.69, 9.17) is 11.6 Å². The number of hydrogen-bond acceptors (Lipinski definition) is 3. The van der Waals surface area contributed by atoms with Gasteiger partial charge < -0.3 is 4.90 Å². The fraction of sp³-hybridized carbons (Fsp3) is 0.278. The molecule has 1 aliphatic heterocycles. The van der Waals surface area contributed by atoms with Gasteiger partial charge in [0, 0.05) is 30.2 Å². The number of carbonyl (C=O) groups excluding carboxylic acids is 1. The van der Waals surface area contributed by atoms with Gasteiger partial charge in [0.25, 0.3) is 0 Å². The minimum atomic E-state index is -4.86. The Hall–Kier alpha value is -2.10. The lowest BCUT2D eigenvalue weighted by atomic mass is 10.2. The normalized spacial score (nSPS) is 15.3. The third-order valence-electron chi connectivity index (χ3n) is 4.32. The van der Waals surface area contributed by atoms with Crippen LogP contribution in [-0.2, 0) is 27.5 Å². The Kier molecular flexibility index (Phi) is 5.69. The van der Waals surface area contributed by atoms with Gasteiger partial charge in [0.05, 0.1) is 10.5 Å². The van der Waals surface area contributed by atoms with Crippen LogP contribution < -0.4 is 9.62 Å². The second kappa shape index (κ2) is 7.73. The van der Waals surface area contributed by atoms with E-state index in [1.165, 1.54) is 0 Å². The van der Waals surface area contributed by atoms with E-state index in [0.717, 1.165) is 18.6 Å². The summed E-state index contributed by atoms with van der Waals surface area (Å²) < 4.78 is 66.5. The Morgan fingerprint density at radius 3 is 2.36 bits per heavy atom. The number of halogens is 4. The van der Waals surface area contributed by atoms with Crippen molar-refractivity contribution in [2.24, 2.45) is 0 Å². The largest absolute Gasteiger partial charge is 0.417 e. The summed E-state index contributed by atoms with van der Waals surface area (Å²) in [6.45, 7) is 0.429. The number of sulfonamides is 1. The summed E-state index contributed by atoms with van der Waals surface area (Å²) >= 11 is 5.58. The molecule has 28 heavy (non-hydrogen) atoms. The monoisotopic (exact) mass is 432 g/mol. The maximum Gasteiger partial charge on any atom is 0.417 e. The van der Waals surface area contributed by atoms with E-state index < -0.39 is 26.7 Å². The number of amides is 1. The number of anilines is 1. The molecule has 10 heteroatoms. The topological polar surface area (TPSA) is 66.5 Å². The van der Waals surface area contributed by atoms with Crippen molar-refractivity contribution in [3.05, 3.63) is 58.6 Å². The Balaban J connectivity index is 1.76. The molecule has 2 aromatic carbocycles. The second-order valence-corrected chi connectivity index (χ2v) is 8.45. The van der Waals surface area contributed by atoms with Crippen LogP contribution in [-0.4, -0.2) is 20.9 Å². The summed E-state index contributed by atoms with van der Waals surface area (Å²) in [4.78, 5) is 12.5. The van der Waals surface area contributed by atoms with Gasteiger partial charge in [-0.1, -0.05) is 23.7 Å². The standard InChI is InChI=1S/C18H16ClF3N2O3S/c19-13-5-8-16(15(10-13)18(20,21)22)28(26,27)23-11-12-3-6-14(7-4-12)24-9-1-2-17(24)25/h3-8,10,23H,1-2,9,11H2. The van der Waals surface area contributed by atoms with Crippen molar-refractivity contribution in [2.45, 2.75) is 30.5 Å². The fourth-order valence-electron chi connectivity index (χ4n) is 2.93. The number of alkyl halides is 3. The number of nitrogens with one attached hydrogen (secondary N) is 1. The summed E-state index contributed by atoms with van der Waals surface area (Å²) in [5.41, 5.74) is -0.0805. The number of carbonyl (C=O) groups is 1. The van der Waals surface area contributed by atoms with Crippen LogP contribution in [0.2, 0.25) is 5.02 Å². The first-order chi connectivity index (χ1) is 13.1. The second-order valence-electron chi connectivity index (χ2n) is 6.28. The predicted octanol–water partition coefficient (Wildman–Crippen LogP) is 3.96. The lowest BCUT2D eigenvalue weighted by Crippen LogP contribution is -2.26. The Morgan fingerprint density at radius 1 is 1.11 bits per heavy atom. The molecule has 0 bridgehead atoms. The van der Waals surface area contributed by atoms with E-state index in [-0.39, 0.29) is 17.5 Å². The minimum absolute atomic E-state index is 0.0240. The third kappa shape index (κ3) is 4.48. The molecule has 0 spiro atoms. The highest BCUT2D eigenvalue weighted by atomic mass is 35.5. The average Bonchev–Trinajstić information content (AvgIpc) is 3.05. The van der Waals surface area contributed by atoms with Crippen LogP contribution in [0.15, 0.2) is 47.4 Å². The van der Waals surface area contributed by atoms with Crippen LogP contribution in [0.5, 0.6) is 0 Å². The molecule has 5 nitrogen and oxygen atoms in total. The van der Waals surface area contributed by atoms with Crippen molar-refractivity contribution >= 4 is 33.2 Å². The van der Waals surface area contributed by atoms with Gasteiger partial charge in [0.1, 0.15) is 0 Å². The van der Waals surface area contributed by atoms with Crippen LogP contribution in [0.3, 0.4) is 0 Å². The minimum Gasteiger partial charge on any atom is -0.312 e. The van der Waals surface area contributed by atoms with E-state index >= 15 is 0 Å². The predicted molar refractivity (Wildman–Crippen MR) is 98.5 cm³/mol. The molecule has 0 saturated carbocycles. The quantitative estimate of drug-likeness (QED) is 0.777. The Bertz CT molecular complexity index is 992. The van der Waals surface area contributed by atoms with E-state index in [1.807, 2.05) is 0 Å². The van der Waals surface area contributed by atoms with Gasteiger partial charge >= 0.3 is 6.18 Å². The van der Waals surface area contributed by atoms with Crippen LogP contribution in [0, 0.1) is 0 Å².